The number of hydrogen-bond donors (Lipinski definition) is 1. The molecule has 0 spiro atoms. The van der Waals surface area contributed by atoms with Crippen molar-refractivity contribution in [2.45, 2.75) is 19.4 Å². The molecule has 0 bridgehead atoms. The van der Waals surface area contributed by atoms with Gasteiger partial charge in [-0.3, -0.25) is 4.98 Å². The maximum Gasteiger partial charge on any atom is 0.0718 e. The van der Waals surface area contributed by atoms with Crippen LogP contribution in [-0.2, 0) is 6.42 Å². The van der Waals surface area contributed by atoms with Crippen molar-refractivity contribution in [3.8, 4) is 0 Å². The highest BCUT2D eigenvalue weighted by atomic mass is 79.9. The van der Waals surface area contributed by atoms with E-state index in [-0.39, 0.29) is 6.04 Å². The molecule has 0 saturated carbocycles. The minimum absolute atomic E-state index is 0.135. The predicted molar refractivity (Wildman–Crippen MR) is 83.6 cm³/mol. The average Bonchev–Trinajstić information content (AvgIpc) is 2.39. The van der Waals surface area contributed by atoms with Gasteiger partial charge < -0.3 is 5.32 Å². The van der Waals surface area contributed by atoms with Gasteiger partial charge in [0.1, 0.15) is 0 Å². The summed E-state index contributed by atoms with van der Waals surface area (Å²) < 4.78 is 1.01. The van der Waals surface area contributed by atoms with E-state index in [4.69, 9.17) is 11.6 Å². The number of rotatable bonds is 4. The van der Waals surface area contributed by atoms with Gasteiger partial charge in [-0.2, -0.15) is 0 Å². The monoisotopic (exact) mass is 338 g/mol. The Morgan fingerprint density at radius 2 is 2.16 bits per heavy atom. The normalized spacial score (nSPS) is 12.4. The summed E-state index contributed by atoms with van der Waals surface area (Å²) in [5.41, 5.74) is 3.31. The van der Waals surface area contributed by atoms with Crippen LogP contribution in [0.5, 0.6) is 0 Å². The Balaban J connectivity index is 2.27. The Morgan fingerprint density at radius 3 is 2.79 bits per heavy atom. The fourth-order valence-corrected chi connectivity index (χ4v) is 2.87. The first-order valence-electron chi connectivity index (χ1n) is 6.14. The van der Waals surface area contributed by atoms with Gasteiger partial charge in [-0.25, -0.2) is 0 Å². The van der Waals surface area contributed by atoms with Crippen LogP contribution in [0.1, 0.15) is 22.9 Å². The highest BCUT2D eigenvalue weighted by molar-refractivity contribution is 9.10. The Bertz CT molecular complexity index is 572. The van der Waals surface area contributed by atoms with Crippen molar-refractivity contribution >= 4 is 27.5 Å². The summed E-state index contributed by atoms with van der Waals surface area (Å²) in [5.74, 6) is 0. The van der Waals surface area contributed by atoms with Gasteiger partial charge in [0, 0.05) is 15.7 Å². The fourth-order valence-electron chi connectivity index (χ4n) is 2.03. The second-order valence-corrected chi connectivity index (χ2v) is 5.77. The van der Waals surface area contributed by atoms with Gasteiger partial charge in [-0.15, -0.1) is 0 Å². The summed E-state index contributed by atoms with van der Waals surface area (Å²) >= 11 is 9.84. The van der Waals surface area contributed by atoms with Crippen LogP contribution in [0, 0.1) is 6.92 Å². The molecule has 1 heterocycles. The van der Waals surface area contributed by atoms with Crippen LogP contribution in [0.4, 0.5) is 0 Å². The number of hydrogen-bond acceptors (Lipinski definition) is 2. The molecule has 0 fully saturated rings. The molecule has 1 aromatic carbocycles. The zero-order valence-electron chi connectivity index (χ0n) is 11.0. The topological polar surface area (TPSA) is 24.9 Å². The molecular formula is C15H16BrClN2. The number of benzene rings is 1. The molecule has 4 heteroatoms. The van der Waals surface area contributed by atoms with Crippen LogP contribution in [0.25, 0.3) is 0 Å². The SMILES string of the molecule is CNC(Cc1ccc(C)cc1Cl)c1ncccc1Br. The first kappa shape index (κ1) is 14.5. The summed E-state index contributed by atoms with van der Waals surface area (Å²) in [7, 11) is 1.94. The zero-order chi connectivity index (χ0) is 13.8. The van der Waals surface area contributed by atoms with Crippen molar-refractivity contribution in [2.75, 3.05) is 7.05 Å². The molecule has 1 aromatic heterocycles. The lowest BCUT2D eigenvalue weighted by Crippen LogP contribution is -2.20. The van der Waals surface area contributed by atoms with Crippen molar-refractivity contribution in [1.29, 1.82) is 0 Å². The predicted octanol–water partition coefficient (Wildman–Crippen LogP) is 4.31. The lowest BCUT2D eigenvalue weighted by atomic mass is 10.0. The maximum absolute atomic E-state index is 6.30. The third kappa shape index (κ3) is 3.56. The van der Waals surface area contributed by atoms with Crippen LogP contribution in [-0.4, -0.2) is 12.0 Å². The van der Waals surface area contributed by atoms with Gasteiger partial charge in [0.2, 0.25) is 0 Å². The molecule has 2 rings (SSSR count). The summed E-state index contributed by atoms with van der Waals surface area (Å²) in [6.07, 6.45) is 2.62. The fraction of sp³-hybridized carbons (Fsp3) is 0.267. The van der Waals surface area contributed by atoms with E-state index >= 15 is 0 Å². The van der Waals surface area contributed by atoms with E-state index in [2.05, 4.69) is 38.4 Å². The lowest BCUT2D eigenvalue weighted by molar-refractivity contribution is 0.573. The number of aromatic nitrogens is 1. The Labute approximate surface area is 127 Å². The van der Waals surface area contributed by atoms with E-state index in [1.165, 1.54) is 5.56 Å². The Hall–Kier alpha value is -0.900. The highest BCUT2D eigenvalue weighted by Crippen LogP contribution is 2.27. The number of pyridine rings is 1. The van der Waals surface area contributed by atoms with Gasteiger partial charge >= 0.3 is 0 Å². The summed E-state index contributed by atoms with van der Waals surface area (Å²) in [6.45, 7) is 2.04. The third-order valence-corrected chi connectivity index (χ3v) is 4.12. The second-order valence-electron chi connectivity index (χ2n) is 4.51. The van der Waals surface area contributed by atoms with Crippen molar-refractivity contribution in [2.24, 2.45) is 0 Å². The molecule has 0 amide bonds. The van der Waals surface area contributed by atoms with Crippen LogP contribution < -0.4 is 5.32 Å². The van der Waals surface area contributed by atoms with Gasteiger partial charge in [0.25, 0.3) is 0 Å². The molecule has 2 nitrogen and oxygen atoms in total. The average molecular weight is 340 g/mol. The molecule has 0 aliphatic rings. The molecule has 1 N–H and O–H groups in total. The van der Waals surface area contributed by atoms with Crippen molar-refractivity contribution < 1.29 is 0 Å². The highest BCUT2D eigenvalue weighted by Gasteiger charge is 2.15. The van der Waals surface area contributed by atoms with Crippen LogP contribution in [0.15, 0.2) is 41.0 Å². The molecule has 0 aliphatic heterocycles. The van der Waals surface area contributed by atoms with E-state index in [1.807, 2.05) is 32.2 Å². The maximum atomic E-state index is 6.30. The van der Waals surface area contributed by atoms with Gasteiger partial charge in [-0.05, 0) is 65.6 Å². The van der Waals surface area contributed by atoms with Gasteiger partial charge in [-0.1, -0.05) is 23.7 Å². The largest absolute Gasteiger partial charge is 0.311 e. The number of nitrogens with zero attached hydrogens (tertiary/aromatic N) is 1. The van der Waals surface area contributed by atoms with E-state index in [9.17, 15) is 0 Å². The first-order valence-corrected chi connectivity index (χ1v) is 7.31. The van der Waals surface area contributed by atoms with E-state index < -0.39 is 0 Å². The molecule has 1 unspecified atom stereocenters. The molecule has 19 heavy (non-hydrogen) atoms. The standard InChI is InChI=1S/C15H16BrClN2/c1-10-5-6-11(13(17)8-10)9-14(18-2)15-12(16)4-3-7-19-15/h3-8,14,18H,9H2,1-2H3. The summed E-state index contributed by atoms with van der Waals surface area (Å²) in [5, 5.41) is 4.11. The molecular weight excluding hydrogens is 324 g/mol. The summed E-state index contributed by atoms with van der Waals surface area (Å²) in [4.78, 5) is 4.44. The number of aryl methyl sites for hydroxylation is 1. The zero-order valence-corrected chi connectivity index (χ0v) is 13.3. The minimum atomic E-state index is 0.135. The molecule has 2 aromatic rings. The van der Waals surface area contributed by atoms with Crippen molar-refractivity contribution in [3.05, 3.63) is 62.8 Å². The van der Waals surface area contributed by atoms with Gasteiger partial charge in [0.05, 0.1) is 11.7 Å². The molecule has 0 aliphatic carbocycles. The first-order chi connectivity index (χ1) is 9.11. The summed E-state index contributed by atoms with van der Waals surface area (Å²) in [6, 6.07) is 10.2. The number of halogens is 2. The molecule has 100 valence electrons. The lowest BCUT2D eigenvalue weighted by Gasteiger charge is -2.18. The number of nitrogens with one attached hydrogen (secondary N) is 1. The third-order valence-electron chi connectivity index (χ3n) is 3.10. The minimum Gasteiger partial charge on any atom is -0.311 e. The van der Waals surface area contributed by atoms with E-state index in [0.29, 0.717) is 0 Å². The molecule has 1 atom stereocenters. The number of likely N-dealkylation sites (N-methyl/N-ethyl adjacent to an activating group) is 1. The smallest absolute Gasteiger partial charge is 0.0718 e. The van der Waals surface area contributed by atoms with Crippen molar-refractivity contribution in [1.82, 2.24) is 10.3 Å². The van der Waals surface area contributed by atoms with E-state index in [0.717, 1.165) is 27.2 Å². The quantitative estimate of drug-likeness (QED) is 0.898. The second kappa shape index (κ2) is 6.51. The van der Waals surface area contributed by atoms with Crippen LogP contribution in [0.3, 0.4) is 0 Å². The Kier molecular flexibility index (Phi) is 4.97. The van der Waals surface area contributed by atoms with E-state index in [1.54, 1.807) is 6.20 Å². The molecule has 0 radical (unpaired) electrons. The van der Waals surface area contributed by atoms with Crippen LogP contribution >= 0.6 is 27.5 Å². The molecule has 0 saturated heterocycles. The van der Waals surface area contributed by atoms with Gasteiger partial charge in [0.15, 0.2) is 0 Å². The van der Waals surface area contributed by atoms with Crippen molar-refractivity contribution in [3.63, 3.8) is 0 Å². The van der Waals surface area contributed by atoms with Crippen LogP contribution in [0.2, 0.25) is 5.02 Å². The Morgan fingerprint density at radius 1 is 1.37 bits per heavy atom.